The molecule has 1 aromatic carbocycles. The molecule has 2 aliphatic rings. The van der Waals surface area contributed by atoms with Crippen LogP contribution in [-0.4, -0.2) is 48.1 Å². The number of piperidine rings is 1. The third kappa shape index (κ3) is 2.68. The van der Waals surface area contributed by atoms with Crippen molar-refractivity contribution in [3.63, 3.8) is 0 Å². The van der Waals surface area contributed by atoms with E-state index in [0.717, 1.165) is 5.56 Å². The highest BCUT2D eigenvalue weighted by molar-refractivity contribution is 6.06. The third-order valence-corrected chi connectivity index (χ3v) is 5.25. The molecule has 1 N–H and O–H groups in total. The van der Waals surface area contributed by atoms with Crippen molar-refractivity contribution in [3.05, 3.63) is 35.9 Å². The van der Waals surface area contributed by atoms with E-state index in [-0.39, 0.29) is 11.7 Å². The maximum Gasteiger partial charge on any atom is 0.320 e. The number of aliphatic hydroxyl groups excluding tert-OH is 1. The maximum absolute atomic E-state index is 12.8. The molecule has 124 valence electrons. The fourth-order valence-electron chi connectivity index (χ4n) is 4.14. The molecule has 23 heavy (non-hydrogen) atoms. The number of fused-ring (bicyclic) bond motifs is 2. The summed E-state index contributed by atoms with van der Waals surface area (Å²) < 4.78 is 4.95. The van der Waals surface area contributed by atoms with Gasteiger partial charge in [0, 0.05) is 19.6 Å². The topological polar surface area (TPSA) is 66.8 Å². The molecule has 0 spiro atoms. The summed E-state index contributed by atoms with van der Waals surface area (Å²) in [7, 11) is 1.32. The number of rotatable bonds is 3. The lowest BCUT2D eigenvalue weighted by molar-refractivity contribution is -0.177. The van der Waals surface area contributed by atoms with Crippen LogP contribution in [0.15, 0.2) is 30.3 Å². The summed E-state index contributed by atoms with van der Waals surface area (Å²) in [6.45, 7) is 3.40. The molecule has 4 atom stereocenters. The summed E-state index contributed by atoms with van der Waals surface area (Å²) >= 11 is 0. The number of methoxy groups -OCH3 is 1. The molecule has 0 amide bonds. The van der Waals surface area contributed by atoms with Crippen LogP contribution in [0.2, 0.25) is 0 Å². The highest BCUT2D eigenvalue weighted by atomic mass is 16.5. The van der Waals surface area contributed by atoms with Crippen molar-refractivity contribution >= 4 is 11.8 Å². The normalized spacial score (nSPS) is 34.2. The van der Waals surface area contributed by atoms with E-state index in [2.05, 4.69) is 4.90 Å². The fourth-order valence-corrected chi connectivity index (χ4v) is 4.14. The highest BCUT2D eigenvalue weighted by Crippen LogP contribution is 2.45. The summed E-state index contributed by atoms with van der Waals surface area (Å²) in [5.74, 6) is -1.23. The van der Waals surface area contributed by atoms with E-state index in [0.29, 0.717) is 26.1 Å². The number of likely N-dealkylation sites (tertiary alicyclic amines) is 1. The number of esters is 1. The van der Waals surface area contributed by atoms with Crippen LogP contribution in [-0.2, 0) is 20.9 Å². The van der Waals surface area contributed by atoms with Crippen LogP contribution in [0.25, 0.3) is 0 Å². The molecule has 0 radical (unpaired) electrons. The summed E-state index contributed by atoms with van der Waals surface area (Å²) in [6, 6.07) is 9.95. The monoisotopic (exact) mass is 317 g/mol. The Balaban J connectivity index is 1.90. The Morgan fingerprint density at radius 1 is 1.39 bits per heavy atom. The first-order chi connectivity index (χ1) is 11.0. The molecule has 3 rings (SSSR count). The van der Waals surface area contributed by atoms with Crippen molar-refractivity contribution in [2.45, 2.75) is 26.0 Å². The maximum atomic E-state index is 12.8. The molecule has 5 nitrogen and oxygen atoms in total. The average Bonchev–Trinajstić information content (AvgIpc) is 2.55. The number of nitrogens with zero attached hydrogens (tertiary/aromatic N) is 1. The van der Waals surface area contributed by atoms with E-state index in [1.807, 2.05) is 37.3 Å². The van der Waals surface area contributed by atoms with Crippen LogP contribution in [0.3, 0.4) is 0 Å². The first-order valence-electron chi connectivity index (χ1n) is 8.05. The molecular formula is C18H23NO4. The van der Waals surface area contributed by atoms with Gasteiger partial charge in [0.15, 0.2) is 5.78 Å². The Morgan fingerprint density at radius 2 is 2.09 bits per heavy atom. The second kappa shape index (κ2) is 6.06. The lowest BCUT2D eigenvalue weighted by Gasteiger charge is -2.50. The van der Waals surface area contributed by atoms with E-state index in [4.69, 9.17) is 4.74 Å². The van der Waals surface area contributed by atoms with Gasteiger partial charge in [0.2, 0.25) is 0 Å². The Morgan fingerprint density at radius 3 is 2.74 bits per heavy atom. The molecule has 1 aliphatic carbocycles. The van der Waals surface area contributed by atoms with Crippen molar-refractivity contribution in [2.24, 2.45) is 17.3 Å². The number of aliphatic hydroxyl groups is 1. The molecule has 1 saturated heterocycles. The summed E-state index contributed by atoms with van der Waals surface area (Å²) in [6.07, 6.45) is -0.347. The Kier molecular flexibility index (Phi) is 4.25. The Hall–Kier alpha value is -1.72. The van der Waals surface area contributed by atoms with Gasteiger partial charge in [0.1, 0.15) is 5.41 Å². The van der Waals surface area contributed by atoms with Crippen LogP contribution < -0.4 is 0 Å². The van der Waals surface area contributed by atoms with E-state index in [1.165, 1.54) is 7.11 Å². The van der Waals surface area contributed by atoms with Gasteiger partial charge in [0.25, 0.3) is 0 Å². The van der Waals surface area contributed by atoms with Gasteiger partial charge in [-0.15, -0.1) is 0 Å². The molecule has 1 heterocycles. The van der Waals surface area contributed by atoms with Gasteiger partial charge in [-0.3, -0.25) is 14.5 Å². The number of hydrogen-bond donors (Lipinski definition) is 1. The second-order valence-corrected chi connectivity index (χ2v) is 6.87. The Bertz CT molecular complexity index is 602. The van der Waals surface area contributed by atoms with Crippen LogP contribution in [0.4, 0.5) is 0 Å². The molecular weight excluding hydrogens is 294 g/mol. The number of hydrogen-bond acceptors (Lipinski definition) is 5. The number of carbonyl (C=O) groups is 2. The smallest absolute Gasteiger partial charge is 0.320 e. The first-order valence-corrected chi connectivity index (χ1v) is 8.05. The summed E-state index contributed by atoms with van der Waals surface area (Å²) in [5, 5.41) is 10.4. The molecule has 1 saturated carbocycles. The van der Waals surface area contributed by atoms with Gasteiger partial charge in [-0.2, -0.15) is 0 Å². The molecule has 2 bridgehead atoms. The molecule has 1 aliphatic heterocycles. The van der Waals surface area contributed by atoms with Crippen LogP contribution >= 0.6 is 0 Å². The number of benzene rings is 1. The van der Waals surface area contributed by atoms with Gasteiger partial charge in [-0.05, 0) is 17.9 Å². The molecule has 0 aromatic heterocycles. The highest BCUT2D eigenvalue weighted by Gasteiger charge is 2.60. The number of Topliss-reactive ketones (excluding diaryl/α,β-unsaturated/α-hetero) is 1. The fraction of sp³-hybridized carbons (Fsp3) is 0.556. The lowest BCUT2D eigenvalue weighted by atomic mass is 9.61. The zero-order valence-electron chi connectivity index (χ0n) is 13.6. The zero-order chi connectivity index (χ0) is 16.6. The van der Waals surface area contributed by atoms with Gasteiger partial charge in [-0.25, -0.2) is 0 Å². The van der Waals surface area contributed by atoms with Crippen molar-refractivity contribution in [1.82, 2.24) is 4.90 Å². The largest absolute Gasteiger partial charge is 0.468 e. The number of ether oxygens (including phenoxy) is 1. The zero-order valence-corrected chi connectivity index (χ0v) is 13.6. The van der Waals surface area contributed by atoms with Crippen molar-refractivity contribution in [2.75, 3.05) is 20.2 Å². The van der Waals surface area contributed by atoms with Gasteiger partial charge >= 0.3 is 5.97 Å². The predicted octanol–water partition coefficient (Wildman–Crippen LogP) is 1.25. The second-order valence-electron chi connectivity index (χ2n) is 6.87. The van der Waals surface area contributed by atoms with E-state index in [1.54, 1.807) is 0 Å². The summed E-state index contributed by atoms with van der Waals surface area (Å²) in [5.41, 5.74) is -0.00654. The summed E-state index contributed by atoms with van der Waals surface area (Å²) in [4.78, 5) is 27.3. The molecule has 5 heteroatoms. The first kappa shape index (κ1) is 16.1. The van der Waals surface area contributed by atoms with E-state index >= 15 is 0 Å². The number of carbonyl (C=O) groups excluding carboxylic acids is 2. The lowest BCUT2D eigenvalue weighted by Crippen LogP contribution is -2.65. The van der Waals surface area contributed by atoms with Crippen LogP contribution in [0.5, 0.6) is 0 Å². The van der Waals surface area contributed by atoms with Gasteiger partial charge < -0.3 is 9.84 Å². The third-order valence-electron chi connectivity index (χ3n) is 5.25. The SMILES string of the molecule is COC(=O)C12CC(C)C(O)C(CN(Cc3ccccc3)C1)C2=O. The molecule has 2 fully saturated rings. The van der Waals surface area contributed by atoms with E-state index < -0.39 is 23.4 Å². The van der Waals surface area contributed by atoms with Crippen molar-refractivity contribution in [3.8, 4) is 0 Å². The molecule has 1 aromatic rings. The van der Waals surface area contributed by atoms with Crippen molar-refractivity contribution in [1.29, 1.82) is 0 Å². The van der Waals surface area contributed by atoms with Gasteiger partial charge in [0.05, 0.1) is 19.1 Å². The average molecular weight is 317 g/mol. The molecule has 4 unspecified atom stereocenters. The minimum atomic E-state index is -1.13. The quantitative estimate of drug-likeness (QED) is 0.671. The van der Waals surface area contributed by atoms with Crippen LogP contribution in [0.1, 0.15) is 18.9 Å². The van der Waals surface area contributed by atoms with E-state index in [9.17, 15) is 14.7 Å². The standard InChI is InChI=1S/C18H23NO4/c1-12-8-18(17(22)23-2)11-19(9-13-6-4-3-5-7-13)10-14(15(12)20)16(18)21/h3-7,12,14-15,20H,8-11H2,1-2H3. The van der Waals surface area contributed by atoms with Crippen molar-refractivity contribution < 1.29 is 19.4 Å². The number of ketones is 1. The van der Waals surface area contributed by atoms with Gasteiger partial charge in [-0.1, -0.05) is 37.3 Å². The minimum Gasteiger partial charge on any atom is -0.468 e. The minimum absolute atomic E-state index is 0.0873. The van der Waals surface area contributed by atoms with Crippen LogP contribution in [0, 0.1) is 17.3 Å². The Labute approximate surface area is 136 Å². The predicted molar refractivity (Wildman–Crippen MR) is 84.5 cm³/mol.